The first kappa shape index (κ1) is 21.7. The van der Waals surface area contributed by atoms with E-state index in [0.29, 0.717) is 11.6 Å². The van der Waals surface area contributed by atoms with Crippen molar-refractivity contribution in [2.75, 3.05) is 5.32 Å². The van der Waals surface area contributed by atoms with Crippen LogP contribution in [-0.2, 0) is 0 Å². The molecule has 0 radical (unpaired) electrons. The summed E-state index contributed by atoms with van der Waals surface area (Å²) in [7, 11) is 0. The Balaban J connectivity index is 1.95. The van der Waals surface area contributed by atoms with Crippen LogP contribution in [0.1, 0.15) is 37.9 Å². The molecule has 0 aliphatic heterocycles. The highest BCUT2D eigenvalue weighted by Crippen LogP contribution is 2.37. The molecule has 1 aliphatic rings. The molecule has 1 aliphatic carbocycles. The van der Waals surface area contributed by atoms with E-state index >= 15 is 0 Å². The van der Waals surface area contributed by atoms with Crippen molar-refractivity contribution in [2.45, 2.75) is 33.6 Å². The van der Waals surface area contributed by atoms with Gasteiger partial charge >= 0.3 is 0 Å². The number of fused-ring (bicyclic) bond motifs is 1. The lowest BCUT2D eigenvalue weighted by atomic mass is 9.97. The van der Waals surface area contributed by atoms with Crippen LogP contribution in [0.25, 0.3) is 27.6 Å². The number of halogens is 1. The van der Waals surface area contributed by atoms with E-state index in [9.17, 15) is 4.39 Å². The monoisotopic (exact) mass is 425 g/mol. The van der Waals surface area contributed by atoms with E-state index < -0.39 is 0 Å². The van der Waals surface area contributed by atoms with Gasteiger partial charge in [0.15, 0.2) is 0 Å². The number of benzene rings is 1. The average molecular weight is 426 g/mol. The zero-order valence-corrected chi connectivity index (χ0v) is 18.9. The predicted molar refractivity (Wildman–Crippen MR) is 133 cm³/mol. The summed E-state index contributed by atoms with van der Waals surface area (Å²) in [5.74, 6) is 0.998. The summed E-state index contributed by atoms with van der Waals surface area (Å²) in [5.41, 5.74) is 6.23. The highest BCUT2D eigenvalue weighted by atomic mass is 19.1. The molecule has 2 aromatic heterocycles. The van der Waals surface area contributed by atoms with Gasteiger partial charge in [0.25, 0.3) is 0 Å². The maximum atomic E-state index is 14.1. The van der Waals surface area contributed by atoms with Gasteiger partial charge in [0.05, 0.1) is 11.4 Å². The molecule has 0 saturated heterocycles. The van der Waals surface area contributed by atoms with E-state index in [0.717, 1.165) is 50.3 Å². The molecule has 2 heterocycles. The number of hydrogen-bond donors (Lipinski definition) is 1. The van der Waals surface area contributed by atoms with Crippen LogP contribution in [0.2, 0.25) is 0 Å². The third kappa shape index (κ3) is 4.40. The van der Waals surface area contributed by atoms with Gasteiger partial charge in [0.2, 0.25) is 0 Å². The summed E-state index contributed by atoms with van der Waals surface area (Å²) < 4.78 is 14.1. The van der Waals surface area contributed by atoms with Crippen LogP contribution >= 0.6 is 0 Å². The molecule has 0 spiro atoms. The first-order chi connectivity index (χ1) is 15.4. The molecule has 1 N–H and O–H groups in total. The predicted octanol–water partition coefficient (Wildman–Crippen LogP) is 7.62. The number of rotatable bonds is 7. The van der Waals surface area contributed by atoms with Crippen LogP contribution in [-0.4, -0.2) is 9.97 Å². The summed E-state index contributed by atoms with van der Waals surface area (Å²) in [5, 5.41) is 5.25. The smallest absolute Gasteiger partial charge is 0.130 e. The van der Waals surface area contributed by atoms with Crippen LogP contribution in [0.5, 0.6) is 0 Å². The molecular formula is C28H28FN3. The van der Waals surface area contributed by atoms with Gasteiger partial charge in [-0.05, 0) is 74.9 Å². The van der Waals surface area contributed by atoms with E-state index in [1.807, 2.05) is 57.3 Å². The summed E-state index contributed by atoms with van der Waals surface area (Å²) in [6.45, 7) is 14.2. The van der Waals surface area contributed by atoms with Crippen molar-refractivity contribution in [2.24, 2.45) is 5.92 Å². The minimum absolute atomic E-state index is 0.283. The largest absolute Gasteiger partial charge is 0.344 e. The Morgan fingerprint density at radius 2 is 2.00 bits per heavy atom. The summed E-state index contributed by atoms with van der Waals surface area (Å²) in [6.07, 6.45) is 10.1. The molecule has 0 amide bonds. The number of allylic oxidation sites excluding steroid dienone is 6. The molecule has 0 unspecified atom stereocenters. The second-order valence-corrected chi connectivity index (χ2v) is 8.33. The molecule has 0 atom stereocenters. The Morgan fingerprint density at radius 3 is 2.69 bits per heavy atom. The van der Waals surface area contributed by atoms with Crippen LogP contribution in [0, 0.1) is 18.7 Å². The molecular weight excluding hydrogens is 397 g/mol. The molecule has 1 aromatic carbocycles. The van der Waals surface area contributed by atoms with Crippen molar-refractivity contribution in [3.63, 3.8) is 0 Å². The Morgan fingerprint density at radius 1 is 1.22 bits per heavy atom. The minimum atomic E-state index is -0.283. The number of aromatic nitrogens is 2. The number of anilines is 1. The van der Waals surface area contributed by atoms with Crippen molar-refractivity contribution < 1.29 is 4.39 Å². The highest BCUT2D eigenvalue weighted by molar-refractivity contribution is 5.98. The topological polar surface area (TPSA) is 37.8 Å². The maximum absolute atomic E-state index is 14.1. The van der Waals surface area contributed by atoms with Crippen LogP contribution in [0.3, 0.4) is 0 Å². The Labute approximate surface area is 189 Å². The fraction of sp³-hybridized carbons (Fsp3) is 0.214. The first-order valence-corrected chi connectivity index (χ1v) is 10.9. The van der Waals surface area contributed by atoms with Crippen LogP contribution < -0.4 is 5.32 Å². The number of pyridine rings is 2. The average Bonchev–Trinajstić information content (AvgIpc) is 3.62. The molecule has 1 fully saturated rings. The van der Waals surface area contributed by atoms with Gasteiger partial charge in [0.1, 0.15) is 11.6 Å². The molecule has 1 saturated carbocycles. The number of nitrogens with zero attached hydrogens (tertiary/aromatic N) is 2. The molecule has 4 heteroatoms. The standard InChI is InChI=1S/C28H28FN3/c1-6-8-17(3)23(7-2)28-25-15-27(31-19(5)20-10-11-20)30-16-21(25)13-26(32-28)24-14-22(29)12-9-18(24)4/h6-9,12-16,20H,2,5,10-11H2,1,3-4H3,(H,30,31)/b8-6-,23-17+. The van der Waals surface area contributed by atoms with E-state index in [1.54, 1.807) is 6.07 Å². The van der Waals surface area contributed by atoms with Gasteiger partial charge in [0, 0.05) is 33.8 Å². The first-order valence-electron chi connectivity index (χ1n) is 10.9. The van der Waals surface area contributed by atoms with Crippen LogP contribution in [0.4, 0.5) is 10.2 Å². The van der Waals surface area contributed by atoms with Crippen molar-refractivity contribution in [3.8, 4) is 11.3 Å². The van der Waals surface area contributed by atoms with E-state index in [2.05, 4.69) is 23.5 Å². The third-order valence-electron chi connectivity index (χ3n) is 5.85. The SMILES string of the molecule is C=C/C(=C(C)\C=C/C)c1nc(-c2cc(F)ccc2C)cc2cnc(NC(=C)C3CC3)cc12. The number of nitrogens with one attached hydrogen (secondary N) is 1. The lowest BCUT2D eigenvalue weighted by molar-refractivity contribution is 0.628. The number of aryl methyl sites for hydroxylation is 1. The van der Waals surface area contributed by atoms with Gasteiger partial charge in [-0.3, -0.25) is 0 Å². The maximum Gasteiger partial charge on any atom is 0.130 e. The Kier molecular flexibility index (Phi) is 6.04. The minimum Gasteiger partial charge on any atom is -0.344 e. The second-order valence-electron chi connectivity index (χ2n) is 8.33. The third-order valence-corrected chi connectivity index (χ3v) is 5.85. The lowest BCUT2D eigenvalue weighted by Gasteiger charge is -2.15. The summed E-state index contributed by atoms with van der Waals surface area (Å²) >= 11 is 0. The van der Waals surface area contributed by atoms with Gasteiger partial charge in [-0.2, -0.15) is 0 Å². The van der Waals surface area contributed by atoms with Crippen molar-refractivity contribution in [3.05, 3.63) is 96.3 Å². The van der Waals surface area contributed by atoms with Gasteiger partial charge in [-0.25, -0.2) is 14.4 Å². The molecule has 4 rings (SSSR count). The van der Waals surface area contributed by atoms with E-state index in [4.69, 9.17) is 4.98 Å². The quantitative estimate of drug-likeness (QED) is 0.396. The molecule has 3 nitrogen and oxygen atoms in total. The highest BCUT2D eigenvalue weighted by Gasteiger charge is 2.25. The van der Waals surface area contributed by atoms with Crippen molar-refractivity contribution >= 4 is 22.2 Å². The molecule has 0 bridgehead atoms. The zero-order chi connectivity index (χ0) is 22.8. The van der Waals surface area contributed by atoms with E-state index in [-0.39, 0.29) is 5.82 Å². The van der Waals surface area contributed by atoms with E-state index in [1.165, 1.54) is 25.0 Å². The van der Waals surface area contributed by atoms with Crippen molar-refractivity contribution in [1.82, 2.24) is 9.97 Å². The van der Waals surface area contributed by atoms with Gasteiger partial charge < -0.3 is 5.32 Å². The Hall–Kier alpha value is -3.53. The fourth-order valence-electron chi connectivity index (χ4n) is 3.91. The second kappa shape index (κ2) is 8.91. The molecule has 3 aromatic rings. The van der Waals surface area contributed by atoms with Crippen molar-refractivity contribution in [1.29, 1.82) is 0 Å². The fourth-order valence-corrected chi connectivity index (χ4v) is 3.91. The Bertz CT molecular complexity index is 1280. The van der Waals surface area contributed by atoms with Gasteiger partial charge in [-0.15, -0.1) is 0 Å². The number of hydrogen-bond acceptors (Lipinski definition) is 3. The molecule has 32 heavy (non-hydrogen) atoms. The van der Waals surface area contributed by atoms with Crippen LogP contribution in [0.15, 0.2) is 79.2 Å². The summed E-state index contributed by atoms with van der Waals surface area (Å²) in [4.78, 5) is 9.62. The lowest BCUT2D eigenvalue weighted by Crippen LogP contribution is -2.03. The zero-order valence-electron chi connectivity index (χ0n) is 18.9. The molecule has 162 valence electrons. The normalized spacial score (nSPS) is 14.5. The summed E-state index contributed by atoms with van der Waals surface area (Å²) in [6, 6.07) is 8.77. The van der Waals surface area contributed by atoms with Gasteiger partial charge in [-0.1, -0.05) is 37.5 Å².